The number of ether oxygens (including phenoxy) is 1. The van der Waals surface area contributed by atoms with E-state index < -0.39 is 0 Å². The highest BCUT2D eigenvalue weighted by Gasteiger charge is 2.12. The fraction of sp³-hybridized carbons (Fsp3) is 0.125. The first-order valence-electron chi connectivity index (χ1n) is 6.61. The van der Waals surface area contributed by atoms with Crippen molar-refractivity contribution >= 4 is 22.6 Å². The van der Waals surface area contributed by atoms with Gasteiger partial charge in [0.15, 0.2) is 6.61 Å². The van der Waals surface area contributed by atoms with Crippen molar-refractivity contribution in [2.24, 2.45) is 0 Å². The topological polar surface area (TPSA) is 58.2 Å². The van der Waals surface area contributed by atoms with Crippen molar-refractivity contribution < 1.29 is 9.53 Å². The first kappa shape index (κ1) is 13.2. The SMILES string of the molecule is CN(C(=O)COc1ccccc1)c1ccc2nc[nH]c2c1. The van der Waals surface area contributed by atoms with Crippen LogP contribution < -0.4 is 9.64 Å². The smallest absolute Gasteiger partial charge is 0.264 e. The number of nitrogens with one attached hydrogen (secondary N) is 1. The lowest BCUT2D eigenvalue weighted by Crippen LogP contribution is -2.31. The number of carbonyl (C=O) groups excluding carboxylic acids is 1. The van der Waals surface area contributed by atoms with Crippen LogP contribution in [0, 0.1) is 0 Å². The van der Waals surface area contributed by atoms with Gasteiger partial charge >= 0.3 is 0 Å². The molecule has 0 spiro atoms. The number of aromatic nitrogens is 2. The molecule has 0 aliphatic rings. The molecule has 2 aromatic carbocycles. The summed E-state index contributed by atoms with van der Waals surface area (Å²) in [5.41, 5.74) is 2.57. The van der Waals surface area contributed by atoms with E-state index in [4.69, 9.17) is 4.74 Å². The molecule has 1 aromatic heterocycles. The molecule has 5 nitrogen and oxygen atoms in total. The molecule has 0 fully saturated rings. The van der Waals surface area contributed by atoms with E-state index in [1.807, 2.05) is 48.5 Å². The quantitative estimate of drug-likeness (QED) is 0.799. The number of likely N-dealkylation sites (N-methyl/N-ethyl adjacent to an activating group) is 1. The molecular formula is C16H15N3O2. The third kappa shape index (κ3) is 2.86. The third-order valence-corrected chi connectivity index (χ3v) is 3.27. The van der Waals surface area contributed by atoms with Gasteiger partial charge in [-0.25, -0.2) is 4.98 Å². The number of amides is 1. The number of hydrogen-bond donors (Lipinski definition) is 1. The van der Waals surface area contributed by atoms with Crippen LogP contribution in [0.15, 0.2) is 54.9 Å². The van der Waals surface area contributed by atoms with Crippen LogP contribution in [0.25, 0.3) is 11.0 Å². The second kappa shape index (κ2) is 5.66. The van der Waals surface area contributed by atoms with Crippen molar-refractivity contribution in [2.75, 3.05) is 18.6 Å². The predicted octanol–water partition coefficient (Wildman–Crippen LogP) is 2.60. The van der Waals surface area contributed by atoms with Crippen LogP contribution in [-0.4, -0.2) is 29.5 Å². The Morgan fingerprint density at radius 2 is 2.05 bits per heavy atom. The number of rotatable bonds is 4. The molecule has 1 heterocycles. The van der Waals surface area contributed by atoms with Gasteiger partial charge in [-0.1, -0.05) is 18.2 Å². The maximum atomic E-state index is 12.2. The molecule has 0 aliphatic heterocycles. The highest BCUT2D eigenvalue weighted by molar-refractivity contribution is 5.95. The number of H-pyrrole nitrogens is 1. The molecule has 0 saturated carbocycles. The summed E-state index contributed by atoms with van der Waals surface area (Å²) in [6, 6.07) is 14.9. The summed E-state index contributed by atoms with van der Waals surface area (Å²) in [7, 11) is 1.73. The highest BCUT2D eigenvalue weighted by Crippen LogP contribution is 2.19. The monoisotopic (exact) mass is 281 g/mol. The zero-order chi connectivity index (χ0) is 14.7. The number of benzene rings is 2. The van der Waals surface area contributed by atoms with E-state index in [1.54, 1.807) is 18.3 Å². The van der Waals surface area contributed by atoms with Crippen LogP contribution in [0.1, 0.15) is 0 Å². The van der Waals surface area contributed by atoms with Crippen LogP contribution in [-0.2, 0) is 4.79 Å². The normalized spacial score (nSPS) is 10.5. The fourth-order valence-corrected chi connectivity index (χ4v) is 2.03. The van der Waals surface area contributed by atoms with Crippen molar-refractivity contribution in [3.05, 3.63) is 54.9 Å². The van der Waals surface area contributed by atoms with Gasteiger partial charge in [0.25, 0.3) is 5.91 Å². The Balaban J connectivity index is 1.68. The molecule has 0 saturated heterocycles. The lowest BCUT2D eigenvalue weighted by molar-refractivity contribution is -0.120. The Kier molecular flexibility index (Phi) is 3.55. The van der Waals surface area contributed by atoms with Crippen LogP contribution in [0.2, 0.25) is 0 Å². The maximum Gasteiger partial charge on any atom is 0.264 e. The fourth-order valence-electron chi connectivity index (χ4n) is 2.03. The molecule has 106 valence electrons. The average molecular weight is 281 g/mol. The molecular weight excluding hydrogens is 266 g/mol. The zero-order valence-corrected chi connectivity index (χ0v) is 11.6. The van der Waals surface area contributed by atoms with Crippen LogP contribution in [0.5, 0.6) is 5.75 Å². The molecule has 1 N–H and O–H groups in total. The van der Waals surface area contributed by atoms with Crippen LogP contribution >= 0.6 is 0 Å². The van der Waals surface area contributed by atoms with Gasteiger partial charge < -0.3 is 14.6 Å². The summed E-state index contributed by atoms with van der Waals surface area (Å²) in [4.78, 5) is 20.9. The lowest BCUT2D eigenvalue weighted by Gasteiger charge is -2.17. The van der Waals surface area contributed by atoms with Crippen molar-refractivity contribution in [3.63, 3.8) is 0 Å². The van der Waals surface area contributed by atoms with Gasteiger partial charge in [0.05, 0.1) is 17.4 Å². The number of imidazole rings is 1. The summed E-state index contributed by atoms with van der Waals surface area (Å²) >= 11 is 0. The Labute approximate surface area is 122 Å². The number of hydrogen-bond acceptors (Lipinski definition) is 3. The minimum Gasteiger partial charge on any atom is -0.484 e. The average Bonchev–Trinajstić information content (AvgIpc) is 3.00. The molecule has 21 heavy (non-hydrogen) atoms. The molecule has 1 amide bonds. The van der Waals surface area contributed by atoms with E-state index in [1.165, 1.54) is 0 Å². The number of nitrogens with zero attached hydrogens (tertiary/aromatic N) is 2. The van der Waals surface area contributed by atoms with E-state index in [2.05, 4.69) is 9.97 Å². The second-order valence-electron chi connectivity index (χ2n) is 4.66. The molecule has 3 aromatic rings. The Bertz CT molecular complexity index is 752. The summed E-state index contributed by atoms with van der Waals surface area (Å²) < 4.78 is 5.47. The number of fused-ring (bicyclic) bond motifs is 1. The minimum atomic E-state index is -0.113. The van der Waals surface area contributed by atoms with Gasteiger partial charge in [0.2, 0.25) is 0 Å². The second-order valence-corrected chi connectivity index (χ2v) is 4.66. The summed E-state index contributed by atoms with van der Waals surface area (Å²) in [5.74, 6) is 0.570. The number of aromatic amines is 1. The highest BCUT2D eigenvalue weighted by atomic mass is 16.5. The van der Waals surface area contributed by atoms with E-state index in [9.17, 15) is 4.79 Å². The van der Waals surface area contributed by atoms with Gasteiger partial charge in [0, 0.05) is 12.7 Å². The van der Waals surface area contributed by atoms with Crippen molar-refractivity contribution in [1.82, 2.24) is 9.97 Å². The van der Waals surface area contributed by atoms with Crippen LogP contribution in [0.3, 0.4) is 0 Å². The van der Waals surface area contributed by atoms with Crippen LogP contribution in [0.4, 0.5) is 5.69 Å². The molecule has 0 unspecified atom stereocenters. The lowest BCUT2D eigenvalue weighted by atomic mass is 10.2. The molecule has 0 atom stereocenters. The van der Waals surface area contributed by atoms with E-state index in [0.29, 0.717) is 5.75 Å². The number of anilines is 1. The van der Waals surface area contributed by atoms with Crippen molar-refractivity contribution in [3.8, 4) is 5.75 Å². The number of carbonyl (C=O) groups is 1. The zero-order valence-electron chi connectivity index (χ0n) is 11.6. The van der Waals surface area contributed by atoms with Crippen molar-refractivity contribution in [1.29, 1.82) is 0 Å². The summed E-state index contributed by atoms with van der Waals surface area (Å²) in [6.45, 7) is 0.00151. The molecule has 0 aliphatic carbocycles. The molecule has 0 radical (unpaired) electrons. The Morgan fingerprint density at radius 1 is 1.24 bits per heavy atom. The first-order valence-corrected chi connectivity index (χ1v) is 6.61. The molecule has 3 rings (SSSR count). The van der Waals surface area contributed by atoms with Gasteiger partial charge in [-0.15, -0.1) is 0 Å². The summed E-state index contributed by atoms with van der Waals surface area (Å²) in [5, 5.41) is 0. The van der Waals surface area contributed by atoms with Gasteiger partial charge in [-0.05, 0) is 30.3 Å². The first-order chi connectivity index (χ1) is 10.2. The van der Waals surface area contributed by atoms with E-state index in [-0.39, 0.29) is 12.5 Å². The van der Waals surface area contributed by atoms with E-state index >= 15 is 0 Å². The predicted molar refractivity (Wildman–Crippen MR) is 81.4 cm³/mol. The maximum absolute atomic E-state index is 12.2. The third-order valence-electron chi connectivity index (χ3n) is 3.27. The minimum absolute atomic E-state index is 0.00151. The standard InChI is InChI=1S/C16H15N3O2/c1-19(12-7-8-14-15(9-12)18-11-17-14)16(20)10-21-13-5-3-2-4-6-13/h2-9,11H,10H2,1H3,(H,17,18). The summed E-state index contributed by atoms with van der Waals surface area (Å²) in [6.07, 6.45) is 1.63. The molecule has 5 heteroatoms. The van der Waals surface area contributed by atoms with Gasteiger partial charge in [0.1, 0.15) is 5.75 Å². The van der Waals surface area contributed by atoms with Gasteiger partial charge in [-0.2, -0.15) is 0 Å². The number of para-hydroxylation sites is 1. The largest absolute Gasteiger partial charge is 0.484 e. The Morgan fingerprint density at radius 3 is 2.86 bits per heavy atom. The Hall–Kier alpha value is -2.82. The molecule has 0 bridgehead atoms. The van der Waals surface area contributed by atoms with Crippen molar-refractivity contribution in [2.45, 2.75) is 0 Å². The van der Waals surface area contributed by atoms with Gasteiger partial charge in [-0.3, -0.25) is 4.79 Å². The van der Waals surface area contributed by atoms with E-state index in [0.717, 1.165) is 16.7 Å².